The summed E-state index contributed by atoms with van der Waals surface area (Å²) in [5.41, 5.74) is 1.12. The van der Waals surface area contributed by atoms with Gasteiger partial charge < -0.3 is 15.5 Å². The molecule has 0 spiro atoms. The monoisotopic (exact) mass is 355 g/mol. The molecule has 0 bridgehead atoms. The Morgan fingerprint density at radius 2 is 2.15 bits per heavy atom. The Balaban J connectivity index is 1.65. The number of hydrogen-bond acceptors (Lipinski definition) is 4. The van der Waals surface area contributed by atoms with Gasteiger partial charge in [0.1, 0.15) is 12.2 Å². The molecule has 0 aliphatic carbocycles. The van der Waals surface area contributed by atoms with E-state index in [0.29, 0.717) is 12.5 Å². The van der Waals surface area contributed by atoms with Crippen LogP contribution in [0.25, 0.3) is 0 Å². The van der Waals surface area contributed by atoms with E-state index < -0.39 is 0 Å². The van der Waals surface area contributed by atoms with Gasteiger partial charge in [0.05, 0.1) is 19.6 Å². The molecular formula is C18H25N7O. The summed E-state index contributed by atoms with van der Waals surface area (Å²) in [6.07, 6.45) is 3.42. The van der Waals surface area contributed by atoms with E-state index in [1.54, 1.807) is 25.3 Å². The fourth-order valence-electron chi connectivity index (χ4n) is 2.77. The number of aryl methyl sites for hydroxylation is 1. The third-order valence-electron chi connectivity index (χ3n) is 4.31. The summed E-state index contributed by atoms with van der Waals surface area (Å²) >= 11 is 0. The number of carbonyl (C=O) groups excluding carboxylic acids is 1. The largest absolute Gasteiger partial charge is 0.352 e. The number of guanidine groups is 1. The van der Waals surface area contributed by atoms with E-state index in [9.17, 15) is 4.79 Å². The summed E-state index contributed by atoms with van der Waals surface area (Å²) in [5, 5.41) is 10.8. The quantitative estimate of drug-likeness (QED) is 0.599. The number of carbonyl (C=O) groups is 1. The number of amides is 1. The maximum atomic E-state index is 11.9. The highest BCUT2D eigenvalue weighted by atomic mass is 16.2. The summed E-state index contributed by atoms with van der Waals surface area (Å²) < 4.78 is 1.92. The van der Waals surface area contributed by atoms with E-state index in [-0.39, 0.29) is 18.5 Å². The zero-order valence-corrected chi connectivity index (χ0v) is 15.2. The first-order valence-corrected chi connectivity index (χ1v) is 8.77. The van der Waals surface area contributed by atoms with Gasteiger partial charge in [0.15, 0.2) is 5.96 Å². The average molecular weight is 355 g/mol. The molecule has 1 aromatic heterocycles. The topological polar surface area (TPSA) is 87.4 Å². The third-order valence-corrected chi connectivity index (χ3v) is 4.31. The van der Waals surface area contributed by atoms with E-state index in [2.05, 4.69) is 25.7 Å². The van der Waals surface area contributed by atoms with Crippen LogP contribution in [0.3, 0.4) is 0 Å². The van der Waals surface area contributed by atoms with Crippen LogP contribution in [0, 0.1) is 0 Å². The number of likely N-dealkylation sites (N-methyl/N-ethyl adjacent to an activating group) is 1. The number of fused-ring (bicyclic) bond motifs is 1. The van der Waals surface area contributed by atoms with Crippen molar-refractivity contribution in [3.05, 3.63) is 48.0 Å². The smallest absolute Gasteiger partial charge is 0.241 e. The van der Waals surface area contributed by atoms with Gasteiger partial charge in [-0.25, -0.2) is 14.7 Å². The van der Waals surface area contributed by atoms with Gasteiger partial charge in [-0.15, -0.1) is 0 Å². The van der Waals surface area contributed by atoms with Crippen LogP contribution in [0.1, 0.15) is 17.8 Å². The van der Waals surface area contributed by atoms with E-state index in [1.807, 2.05) is 35.0 Å². The molecule has 138 valence electrons. The first-order valence-electron chi connectivity index (χ1n) is 8.77. The molecule has 1 unspecified atom stereocenters. The molecule has 1 amide bonds. The molecule has 0 fully saturated rings. The van der Waals surface area contributed by atoms with Gasteiger partial charge >= 0.3 is 0 Å². The third kappa shape index (κ3) is 4.81. The maximum Gasteiger partial charge on any atom is 0.241 e. The van der Waals surface area contributed by atoms with Gasteiger partial charge in [-0.1, -0.05) is 30.3 Å². The Morgan fingerprint density at radius 1 is 1.35 bits per heavy atom. The fourth-order valence-corrected chi connectivity index (χ4v) is 2.77. The number of nitrogens with zero attached hydrogens (tertiary/aromatic N) is 5. The molecule has 1 aliphatic rings. The zero-order chi connectivity index (χ0) is 18.4. The van der Waals surface area contributed by atoms with Crippen LogP contribution in [0.5, 0.6) is 0 Å². The number of benzene rings is 1. The molecule has 1 aliphatic heterocycles. The predicted molar refractivity (Wildman–Crippen MR) is 99.5 cm³/mol. The summed E-state index contributed by atoms with van der Waals surface area (Å²) in [5.74, 6) is 1.65. The normalized spacial score (nSPS) is 16.7. The van der Waals surface area contributed by atoms with Crippen molar-refractivity contribution in [1.82, 2.24) is 30.3 Å². The highest BCUT2D eigenvalue weighted by Crippen LogP contribution is 2.11. The summed E-state index contributed by atoms with van der Waals surface area (Å²) in [7, 11) is 3.48. The molecule has 8 heteroatoms. The Bertz CT molecular complexity index is 754. The van der Waals surface area contributed by atoms with Crippen LogP contribution < -0.4 is 10.6 Å². The molecule has 3 rings (SSSR count). The highest BCUT2D eigenvalue weighted by Gasteiger charge is 2.20. The lowest BCUT2D eigenvalue weighted by Gasteiger charge is -2.25. The first-order chi connectivity index (χ1) is 12.6. The highest BCUT2D eigenvalue weighted by molar-refractivity contribution is 5.86. The Morgan fingerprint density at radius 3 is 2.92 bits per heavy atom. The zero-order valence-electron chi connectivity index (χ0n) is 15.2. The number of aromatic nitrogens is 3. The minimum absolute atomic E-state index is 0.00131. The maximum absolute atomic E-state index is 11.9. The van der Waals surface area contributed by atoms with Gasteiger partial charge in [0.25, 0.3) is 0 Å². The van der Waals surface area contributed by atoms with Gasteiger partial charge in [-0.2, -0.15) is 5.10 Å². The second kappa shape index (κ2) is 8.46. The molecule has 2 aromatic rings. The van der Waals surface area contributed by atoms with Crippen LogP contribution in [0.2, 0.25) is 0 Å². The summed E-state index contributed by atoms with van der Waals surface area (Å²) in [4.78, 5) is 22.4. The van der Waals surface area contributed by atoms with Gasteiger partial charge in [-0.05, 0) is 12.0 Å². The summed E-state index contributed by atoms with van der Waals surface area (Å²) in [6.45, 7) is 1.49. The fraction of sp³-hybridized carbons (Fsp3) is 0.444. The Kier molecular flexibility index (Phi) is 5.83. The molecule has 8 nitrogen and oxygen atoms in total. The molecule has 26 heavy (non-hydrogen) atoms. The molecule has 0 saturated heterocycles. The van der Waals surface area contributed by atoms with Crippen LogP contribution in [0.15, 0.2) is 41.7 Å². The van der Waals surface area contributed by atoms with Gasteiger partial charge in [0, 0.05) is 26.6 Å². The minimum Gasteiger partial charge on any atom is -0.352 e. The second-order valence-electron chi connectivity index (χ2n) is 6.53. The first kappa shape index (κ1) is 17.9. The van der Waals surface area contributed by atoms with Crippen molar-refractivity contribution in [1.29, 1.82) is 0 Å². The standard InChI is InChI=1S/C18H25N7O/c1-24(2)17(26)11-20-18(19-10-14-6-4-3-5-7-14)23-15-8-9-16-21-13-22-25(16)12-15/h3-7,13,15H,8-12H2,1-2H3,(H2,19,20,23). The van der Waals surface area contributed by atoms with Crippen molar-refractivity contribution in [3.8, 4) is 0 Å². The van der Waals surface area contributed by atoms with Crippen LogP contribution >= 0.6 is 0 Å². The van der Waals surface area contributed by atoms with Crippen molar-refractivity contribution < 1.29 is 4.79 Å². The predicted octanol–water partition coefficient (Wildman–Crippen LogP) is 0.417. The Hall–Kier alpha value is -2.90. The van der Waals surface area contributed by atoms with Gasteiger partial charge in [-0.3, -0.25) is 4.79 Å². The lowest BCUT2D eigenvalue weighted by molar-refractivity contribution is -0.127. The van der Waals surface area contributed by atoms with Crippen molar-refractivity contribution in [2.24, 2.45) is 4.99 Å². The van der Waals surface area contributed by atoms with Crippen LogP contribution in [-0.4, -0.2) is 58.2 Å². The molecule has 1 atom stereocenters. The molecule has 0 radical (unpaired) electrons. The number of aliphatic imine (C=N–C) groups is 1. The van der Waals surface area contributed by atoms with E-state index in [1.165, 1.54) is 0 Å². The minimum atomic E-state index is 0.00131. The van der Waals surface area contributed by atoms with Gasteiger partial charge in [0.2, 0.25) is 5.91 Å². The van der Waals surface area contributed by atoms with E-state index >= 15 is 0 Å². The Labute approximate surface area is 153 Å². The van der Waals surface area contributed by atoms with Crippen molar-refractivity contribution in [2.45, 2.75) is 32.0 Å². The number of rotatable bonds is 5. The molecule has 1 aromatic carbocycles. The van der Waals surface area contributed by atoms with Crippen molar-refractivity contribution >= 4 is 11.9 Å². The number of hydrogen-bond donors (Lipinski definition) is 2. The molecule has 2 heterocycles. The van der Waals surface area contributed by atoms with Crippen molar-refractivity contribution in [2.75, 3.05) is 20.6 Å². The van der Waals surface area contributed by atoms with Crippen LogP contribution in [0.4, 0.5) is 0 Å². The average Bonchev–Trinajstić information content (AvgIpc) is 3.12. The second-order valence-corrected chi connectivity index (χ2v) is 6.53. The van der Waals surface area contributed by atoms with Crippen molar-refractivity contribution in [3.63, 3.8) is 0 Å². The molecule has 2 N–H and O–H groups in total. The lowest BCUT2D eigenvalue weighted by atomic mass is 10.1. The molecular weight excluding hydrogens is 330 g/mol. The lowest BCUT2D eigenvalue weighted by Crippen LogP contribution is -2.49. The van der Waals surface area contributed by atoms with Crippen LogP contribution in [-0.2, 0) is 24.3 Å². The van der Waals surface area contributed by atoms with E-state index in [0.717, 1.165) is 30.8 Å². The summed E-state index contributed by atoms with van der Waals surface area (Å²) in [6, 6.07) is 10.2. The SMILES string of the molecule is CN(C)C(=O)CNC(=NCc1ccccc1)NC1CCc2ncnn2C1. The number of nitrogens with one attached hydrogen (secondary N) is 2. The van der Waals surface area contributed by atoms with E-state index in [4.69, 9.17) is 0 Å². The molecule has 0 saturated carbocycles.